The molecular formula is C11H10BrN3O3S2. The summed E-state index contributed by atoms with van der Waals surface area (Å²) in [5, 5.41) is 5.02. The molecule has 0 radical (unpaired) electrons. The monoisotopic (exact) mass is 375 g/mol. The van der Waals surface area contributed by atoms with Crippen molar-refractivity contribution in [3.8, 4) is 0 Å². The van der Waals surface area contributed by atoms with Gasteiger partial charge in [0.05, 0.1) is 11.0 Å². The maximum Gasteiger partial charge on any atom is 0.268 e. The van der Waals surface area contributed by atoms with Crippen molar-refractivity contribution < 1.29 is 13.6 Å². The van der Waals surface area contributed by atoms with Gasteiger partial charge in [-0.3, -0.25) is 9.35 Å². The topological polar surface area (TPSA) is 82.5 Å². The molecule has 1 atom stereocenters. The van der Waals surface area contributed by atoms with E-state index in [9.17, 15) is 13.6 Å². The first-order valence-electron chi connectivity index (χ1n) is 5.38. The second-order valence-electron chi connectivity index (χ2n) is 3.57. The Morgan fingerprint density at radius 2 is 2.15 bits per heavy atom. The molecule has 1 amide bonds. The first-order chi connectivity index (χ1) is 9.61. The molecule has 1 aromatic carbocycles. The van der Waals surface area contributed by atoms with E-state index >= 15 is 0 Å². The van der Waals surface area contributed by atoms with E-state index in [2.05, 4.69) is 26.2 Å². The number of nitrogens with zero attached hydrogens (tertiary/aromatic N) is 2. The molecule has 1 heterocycles. The Morgan fingerprint density at radius 3 is 2.65 bits per heavy atom. The van der Waals surface area contributed by atoms with Crippen LogP contribution in [-0.4, -0.2) is 25.0 Å². The second kappa shape index (κ2) is 6.93. The number of amides is 1. The van der Waals surface area contributed by atoms with Gasteiger partial charge in [0.25, 0.3) is 11.3 Å². The number of carbonyl (C=O) groups excluding carboxylic acids is 1. The molecule has 0 bridgehead atoms. The number of nitrogens with one attached hydrogen (secondary N) is 1. The van der Waals surface area contributed by atoms with Crippen LogP contribution in [0.15, 0.2) is 35.8 Å². The molecule has 0 aliphatic rings. The van der Waals surface area contributed by atoms with Crippen LogP contribution in [0.25, 0.3) is 0 Å². The van der Waals surface area contributed by atoms with Crippen molar-refractivity contribution in [2.45, 2.75) is 0 Å². The van der Waals surface area contributed by atoms with Crippen molar-refractivity contribution in [2.75, 3.05) is 15.0 Å². The highest BCUT2D eigenvalue weighted by atomic mass is 79.9. The minimum Gasteiger partial charge on any atom is -0.325 e. The molecule has 6 nitrogen and oxygen atoms in total. The molecule has 2 rings (SSSR count). The SMILES string of the molecule is O=C(CBr)Nc1ccc(N(c2nccs2)S(=O)O)cc1. The van der Waals surface area contributed by atoms with Gasteiger partial charge in [-0.1, -0.05) is 15.9 Å². The molecule has 1 aromatic heterocycles. The van der Waals surface area contributed by atoms with Crippen LogP contribution in [0, 0.1) is 0 Å². The standard InChI is InChI=1S/C11H10BrN3O3S2/c12-7-10(16)14-8-1-3-9(4-2-8)15(20(17)18)11-13-5-6-19-11/h1-6H,7H2,(H,14,16)(H,17,18). The average molecular weight is 376 g/mol. The first kappa shape index (κ1) is 15.1. The number of carbonyl (C=O) groups is 1. The highest BCUT2D eigenvalue weighted by Crippen LogP contribution is 2.29. The molecule has 0 spiro atoms. The summed E-state index contributed by atoms with van der Waals surface area (Å²) in [5.41, 5.74) is 1.12. The number of benzene rings is 1. The van der Waals surface area contributed by atoms with Crippen molar-refractivity contribution >= 4 is 60.9 Å². The van der Waals surface area contributed by atoms with Crippen LogP contribution in [0.2, 0.25) is 0 Å². The Morgan fingerprint density at radius 1 is 1.45 bits per heavy atom. The summed E-state index contributed by atoms with van der Waals surface area (Å²) in [5.74, 6) is -0.166. The second-order valence-corrected chi connectivity index (χ2v) is 5.83. The van der Waals surface area contributed by atoms with Crippen molar-refractivity contribution in [3.05, 3.63) is 35.8 Å². The normalized spacial score (nSPS) is 11.9. The van der Waals surface area contributed by atoms with Gasteiger partial charge in [-0.2, -0.15) is 0 Å². The number of alkyl halides is 1. The van der Waals surface area contributed by atoms with Crippen LogP contribution in [0.3, 0.4) is 0 Å². The molecule has 20 heavy (non-hydrogen) atoms. The Balaban J connectivity index is 2.23. The van der Waals surface area contributed by atoms with Crippen LogP contribution < -0.4 is 9.62 Å². The molecule has 9 heteroatoms. The van der Waals surface area contributed by atoms with E-state index in [-0.39, 0.29) is 11.2 Å². The highest BCUT2D eigenvalue weighted by molar-refractivity contribution is 9.09. The maximum absolute atomic E-state index is 11.4. The van der Waals surface area contributed by atoms with Gasteiger partial charge in [0.2, 0.25) is 11.0 Å². The lowest BCUT2D eigenvalue weighted by atomic mass is 10.3. The van der Waals surface area contributed by atoms with Crippen molar-refractivity contribution in [2.24, 2.45) is 0 Å². The van der Waals surface area contributed by atoms with E-state index in [0.717, 1.165) is 0 Å². The van der Waals surface area contributed by atoms with Crippen molar-refractivity contribution in [1.82, 2.24) is 4.98 Å². The van der Waals surface area contributed by atoms with E-state index in [1.54, 1.807) is 35.8 Å². The number of anilines is 3. The third-order valence-corrected chi connectivity index (χ3v) is 4.33. The van der Waals surface area contributed by atoms with Gasteiger partial charge < -0.3 is 5.32 Å². The summed E-state index contributed by atoms with van der Waals surface area (Å²) in [6, 6.07) is 6.59. The van der Waals surface area contributed by atoms with Crippen LogP contribution in [-0.2, 0) is 16.1 Å². The first-order valence-corrected chi connectivity index (χ1v) is 8.45. The largest absolute Gasteiger partial charge is 0.325 e. The summed E-state index contributed by atoms with van der Waals surface area (Å²) in [7, 11) is 0. The van der Waals surface area contributed by atoms with Crippen molar-refractivity contribution in [3.63, 3.8) is 0 Å². The van der Waals surface area contributed by atoms with E-state index in [1.807, 2.05) is 0 Å². The summed E-state index contributed by atoms with van der Waals surface area (Å²) >= 11 is 2.10. The number of hydrogen-bond acceptors (Lipinski definition) is 4. The fourth-order valence-electron chi connectivity index (χ4n) is 1.46. The molecule has 0 fully saturated rings. The Bertz CT molecular complexity index is 604. The predicted molar refractivity (Wildman–Crippen MR) is 83.9 cm³/mol. The lowest BCUT2D eigenvalue weighted by Crippen LogP contribution is -2.19. The number of hydrogen-bond donors (Lipinski definition) is 2. The number of aromatic nitrogens is 1. The molecule has 0 saturated carbocycles. The maximum atomic E-state index is 11.4. The molecule has 0 aliphatic carbocycles. The van der Waals surface area contributed by atoms with E-state index in [1.165, 1.54) is 15.6 Å². The molecule has 2 N–H and O–H groups in total. The molecule has 2 aromatic rings. The zero-order valence-electron chi connectivity index (χ0n) is 10.0. The van der Waals surface area contributed by atoms with Gasteiger partial charge in [0.15, 0.2) is 0 Å². The van der Waals surface area contributed by atoms with Crippen LogP contribution in [0.5, 0.6) is 0 Å². The van der Waals surface area contributed by atoms with Gasteiger partial charge >= 0.3 is 0 Å². The Labute approximate surface area is 130 Å². The van der Waals surface area contributed by atoms with Crippen LogP contribution in [0.4, 0.5) is 16.5 Å². The summed E-state index contributed by atoms with van der Waals surface area (Å²) < 4.78 is 22.0. The quantitative estimate of drug-likeness (QED) is 0.621. The van der Waals surface area contributed by atoms with Gasteiger partial charge in [-0.15, -0.1) is 11.3 Å². The lowest BCUT2D eigenvalue weighted by Gasteiger charge is -2.16. The Hall–Kier alpha value is -1.29. The number of thiazole rings is 1. The van der Waals surface area contributed by atoms with Gasteiger partial charge in [-0.05, 0) is 24.3 Å². The summed E-state index contributed by atoms with van der Waals surface area (Å²) in [6.07, 6.45) is 1.56. The van der Waals surface area contributed by atoms with E-state index < -0.39 is 11.3 Å². The summed E-state index contributed by atoms with van der Waals surface area (Å²) in [6.45, 7) is 0. The van der Waals surface area contributed by atoms with Gasteiger partial charge in [0.1, 0.15) is 0 Å². The molecular weight excluding hydrogens is 366 g/mol. The summed E-state index contributed by atoms with van der Waals surface area (Å²) in [4.78, 5) is 15.2. The zero-order valence-corrected chi connectivity index (χ0v) is 13.2. The van der Waals surface area contributed by atoms with Crippen LogP contribution in [0.1, 0.15) is 0 Å². The van der Waals surface area contributed by atoms with Gasteiger partial charge in [0, 0.05) is 17.3 Å². The fourth-order valence-corrected chi connectivity index (χ4v) is 2.97. The Kier molecular flexibility index (Phi) is 5.24. The van der Waals surface area contributed by atoms with Gasteiger partial charge in [-0.25, -0.2) is 13.5 Å². The molecule has 0 saturated heterocycles. The molecule has 1 unspecified atom stereocenters. The van der Waals surface area contributed by atoms with Crippen LogP contribution >= 0.6 is 27.3 Å². The van der Waals surface area contributed by atoms with E-state index in [0.29, 0.717) is 16.5 Å². The van der Waals surface area contributed by atoms with Crippen molar-refractivity contribution in [1.29, 1.82) is 0 Å². The predicted octanol–water partition coefficient (Wildman–Crippen LogP) is 2.75. The average Bonchev–Trinajstić information content (AvgIpc) is 2.94. The lowest BCUT2D eigenvalue weighted by molar-refractivity contribution is -0.113. The third-order valence-electron chi connectivity index (χ3n) is 2.26. The molecule has 106 valence electrons. The highest BCUT2D eigenvalue weighted by Gasteiger charge is 2.17. The minimum absolute atomic E-state index is 0.166. The fraction of sp³-hybridized carbons (Fsp3) is 0.0909. The zero-order chi connectivity index (χ0) is 14.5. The molecule has 0 aliphatic heterocycles. The minimum atomic E-state index is -2.22. The third kappa shape index (κ3) is 3.63. The van der Waals surface area contributed by atoms with E-state index in [4.69, 9.17) is 0 Å². The smallest absolute Gasteiger partial charge is 0.268 e. The number of rotatable bonds is 5. The number of halogens is 1.